The van der Waals surface area contributed by atoms with Crippen molar-refractivity contribution in [3.63, 3.8) is 0 Å². The quantitative estimate of drug-likeness (QED) is 0.685. The Kier molecular flexibility index (Phi) is 4.28. The maximum absolute atomic E-state index is 12.4. The van der Waals surface area contributed by atoms with Gasteiger partial charge in [0.05, 0.1) is 11.6 Å². The zero-order valence-electron chi connectivity index (χ0n) is 10.7. The minimum Gasteiger partial charge on any atom is -0.342 e. The molecule has 1 aliphatic heterocycles. The summed E-state index contributed by atoms with van der Waals surface area (Å²) in [5.41, 5.74) is 2.61. The monoisotopic (exact) mass is 334 g/mol. The van der Waals surface area contributed by atoms with Gasteiger partial charge in [0.15, 0.2) is 0 Å². The van der Waals surface area contributed by atoms with E-state index in [-0.39, 0.29) is 5.91 Å². The van der Waals surface area contributed by atoms with Crippen molar-refractivity contribution < 1.29 is 4.79 Å². The first-order chi connectivity index (χ1) is 10.2. The van der Waals surface area contributed by atoms with Crippen LogP contribution in [-0.2, 0) is 4.79 Å². The molecule has 2 aromatic rings. The zero-order chi connectivity index (χ0) is 14.7. The molecule has 0 spiro atoms. The minimum atomic E-state index is -0.0918. The molecular weight excluding hydrogens is 324 g/mol. The number of carbonyl (C=O) groups is 1. The van der Waals surface area contributed by atoms with Crippen LogP contribution in [0.15, 0.2) is 40.7 Å². The van der Waals surface area contributed by atoms with Crippen LogP contribution in [0.5, 0.6) is 0 Å². The number of nitrogens with one attached hydrogen (secondary N) is 1. The molecule has 8 heteroatoms. The van der Waals surface area contributed by atoms with Crippen molar-refractivity contribution in [3.8, 4) is 0 Å². The molecule has 0 bridgehead atoms. The number of nitrogens with zero attached hydrogens (tertiary/aromatic N) is 3. The smallest absolute Gasteiger partial charge is 0.267 e. The first-order valence-electron chi connectivity index (χ1n) is 6.04. The molecule has 1 fully saturated rings. The summed E-state index contributed by atoms with van der Waals surface area (Å²) >= 11 is 7.95. The number of rotatable bonds is 4. The predicted octanol–water partition coefficient (Wildman–Crippen LogP) is 2.81. The summed E-state index contributed by atoms with van der Waals surface area (Å²) in [6.45, 7) is 0.298. The van der Waals surface area contributed by atoms with Gasteiger partial charge in [-0.2, -0.15) is 0 Å². The Bertz CT molecular complexity index is 685. The van der Waals surface area contributed by atoms with Gasteiger partial charge in [-0.05, 0) is 11.6 Å². The highest BCUT2D eigenvalue weighted by Gasteiger charge is 2.31. The number of thioether (sulfide) groups is 1. The second-order valence-corrected chi connectivity index (χ2v) is 6.61. The van der Waals surface area contributed by atoms with Crippen LogP contribution in [0.1, 0.15) is 5.56 Å². The van der Waals surface area contributed by atoms with E-state index in [0.717, 1.165) is 5.56 Å². The summed E-state index contributed by atoms with van der Waals surface area (Å²) in [5, 5.41) is 11.3. The molecule has 0 radical (unpaired) electrons. The number of hydrogen-bond donors (Lipinski definition) is 1. The molecule has 1 amide bonds. The molecule has 1 aliphatic rings. The molecular formula is C13H10N4OS3. The summed E-state index contributed by atoms with van der Waals surface area (Å²) in [6, 6.07) is 9.71. The molecule has 1 aromatic carbocycles. The largest absolute Gasteiger partial charge is 0.342 e. The van der Waals surface area contributed by atoms with E-state index in [1.807, 2.05) is 36.4 Å². The van der Waals surface area contributed by atoms with Crippen LogP contribution in [-0.4, -0.2) is 32.0 Å². The lowest BCUT2D eigenvalue weighted by atomic mass is 10.2. The minimum absolute atomic E-state index is 0.0918. The molecule has 21 heavy (non-hydrogen) atoms. The highest BCUT2D eigenvalue weighted by Crippen LogP contribution is 2.32. The fourth-order valence-corrected chi connectivity index (χ4v) is 3.43. The van der Waals surface area contributed by atoms with Crippen LogP contribution >= 0.6 is 35.3 Å². The number of thiocarbonyl (C=S) groups is 1. The molecule has 0 atom stereocenters. The molecule has 2 heterocycles. The normalized spacial score (nSPS) is 16.8. The average molecular weight is 334 g/mol. The van der Waals surface area contributed by atoms with E-state index in [1.165, 1.54) is 28.0 Å². The average Bonchev–Trinajstić information content (AvgIpc) is 3.08. The van der Waals surface area contributed by atoms with Gasteiger partial charge in [0, 0.05) is 0 Å². The van der Waals surface area contributed by atoms with Gasteiger partial charge in [-0.1, -0.05) is 65.6 Å². The fraction of sp³-hybridized carbons (Fsp3) is 0.0769. The molecule has 0 unspecified atom stereocenters. The van der Waals surface area contributed by atoms with E-state index in [0.29, 0.717) is 21.0 Å². The Morgan fingerprint density at radius 3 is 2.86 bits per heavy atom. The van der Waals surface area contributed by atoms with Crippen molar-refractivity contribution in [2.24, 2.45) is 0 Å². The maximum Gasteiger partial charge on any atom is 0.267 e. The summed E-state index contributed by atoms with van der Waals surface area (Å²) in [7, 11) is 0. The van der Waals surface area contributed by atoms with Crippen molar-refractivity contribution in [2.75, 3.05) is 12.0 Å². The first-order valence-corrected chi connectivity index (χ1v) is 8.15. The second kappa shape index (κ2) is 6.33. The van der Waals surface area contributed by atoms with Gasteiger partial charge in [0.2, 0.25) is 5.13 Å². The van der Waals surface area contributed by atoms with Crippen molar-refractivity contribution in [1.29, 1.82) is 0 Å². The van der Waals surface area contributed by atoms with Crippen molar-refractivity contribution in [1.82, 2.24) is 15.1 Å². The van der Waals surface area contributed by atoms with Gasteiger partial charge in [-0.3, -0.25) is 9.69 Å². The van der Waals surface area contributed by atoms with Gasteiger partial charge < -0.3 is 5.32 Å². The topological polar surface area (TPSA) is 58.1 Å². The molecule has 5 nitrogen and oxygen atoms in total. The molecule has 0 saturated carbocycles. The molecule has 0 aliphatic carbocycles. The van der Waals surface area contributed by atoms with E-state index in [1.54, 1.807) is 5.51 Å². The summed E-state index contributed by atoms with van der Waals surface area (Å²) in [5.74, 6) is -0.0918. The van der Waals surface area contributed by atoms with Crippen LogP contribution in [0.2, 0.25) is 0 Å². The van der Waals surface area contributed by atoms with Crippen molar-refractivity contribution >= 4 is 56.8 Å². The lowest BCUT2D eigenvalue weighted by Crippen LogP contribution is -2.33. The van der Waals surface area contributed by atoms with Crippen LogP contribution in [0.25, 0.3) is 6.08 Å². The Balaban J connectivity index is 1.71. The van der Waals surface area contributed by atoms with Crippen LogP contribution < -0.4 is 5.32 Å². The zero-order valence-corrected chi connectivity index (χ0v) is 13.2. The van der Waals surface area contributed by atoms with E-state index in [9.17, 15) is 4.79 Å². The highest BCUT2D eigenvalue weighted by molar-refractivity contribution is 8.26. The number of anilines is 1. The molecule has 3 rings (SSSR count). The SMILES string of the molecule is O=C1/C(=C/c2ccccc2)SC(=S)N1CNc1nncs1. The van der Waals surface area contributed by atoms with E-state index < -0.39 is 0 Å². The predicted molar refractivity (Wildman–Crippen MR) is 89.9 cm³/mol. The Hall–Kier alpha value is -1.77. The number of aromatic nitrogens is 2. The van der Waals surface area contributed by atoms with E-state index in [2.05, 4.69) is 15.5 Å². The van der Waals surface area contributed by atoms with Crippen molar-refractivity contribution in [2.45, 2.75) is 0 Å². The lowest BCUT2D eigenvalue weighted by molar-refractivity contribution is -0.121. The molecule has 1 aromatic heterocycles. The van der Waals surface area contributed by atoms with Gasteiger partial charge in [-0.15, -0.1) is 10.2 Å². The molecule has 1 N–H and O–H groups in total. The van der Waals surface area contributed by atoms with Crippen LogP contribution in [0.4, 0.5) is 5.13 Å². The second-order valence-electron chi connectivity index (χ2n) is 4.10. The van der Waals surface area contributed by atoms with Gasteiger partial charge >= 0.3 is 0 Å². The Morgan fingerprint density at radius 1 is 1.33 bits per heavy atom. The van der Waals surface area contributed by atoms with Gasteiger partial charge in [0.1, 0.15) is 9.83 Å². The van der Waals surface area contributed by atoms with E-state index in [4.69, 9.17) is 12.2 Å². The van der Waals surface area contributed by atoms with Crippen molar-refractivity contribution in [3.05, 3.63) is 46.3 Å². The third kappa shape index (κ3) is 3.29. The van der Waals surface area contributed by atoms with E-state index >= 15 is 0 Å². The first kappa shape index (κ1) is 14.2. The highest BCUT2D eigenvalue weighted by atomic mass is 32.2. The molecule has 106 valence electrons. The maximum atomic E-state index is 12.4. The Morgan fingerprint density at radius 2 is 2.14 bits per heavy atom. The number of benzene rings is 1. The summed E-state index contributed by atoms with van der Waals surface area (Å²) < 4.78 is 0.541. The Labute approximate surface area is 135 Å². The summed E-state index contributed by atoms with van der Waals surface area (Å²) in [6.07, 6.45) is 1.85. The third-order valence-corrected chi connectivity index (χ3v) is 4.75. The lowest BCUT2D eigenvalue weighted by Gasteiger charge is -2.14. The fourth-order valence-electron chi connectivity index (χ4n) is 1.73. The third-order valence-electron chi connectivity index (χ3n) is 2.72. The standard InChI is InChI=1S/C13H10N4OS3/c18-11-10(6-9-4-2-1-3-5-9)21-13(19)17(11)7-14-12-16-15-8-20-12/h1-6,8H,7H2,(H,14,16)/b10-6-. The summed E-state index contributed by atoms with van der Waals surface area (Å²) in [4.78, 5) is 14.5. The number of carbonyl (C=O) groups excluding carboxylic acids is 1. The molecule has 1 saturated heterocycles. The van der Waals surface area contributed by atoms with Crippen LogP contribution in [0.3, 0.4) is 0 Å². The number of hydrogen-bond acceptors (Lipinski definition) is 7. The van der Waals surface area contributed by atoms with Gasteiger partial charge in [0.25, 0.3) is 5.91 Å². The van der Waals surface area contributed by atoms with Crippen LogP contribution in [0, 0.1) is 0 Å². The number of amides is 1. The van der Waals surface area contributed by atoms with Gasteiger partial charge in [-0.25, -0.2) is 0 Å².